The highest BCUT2D eigenvalue weighted by Gasteiger charge is 2.34. The number of aromatic nitrogens is 1. The summed E-state index contributed by atoms with van der Waals surface area (Å²) in [4.78, 5) is 4.46. The van der Waals surface area contributed by atoms with Crippen LogP contribution in [0.15, 0.2) is 18.3 Å². The van der Waals surface area contributed by atoms with Crippen molar-refractivity contribution in [2.45, 2.75) is 38.2 Å². The smallest absolute Gasteiger partial charge is 0.125 e. The van der Waals surface area contributed by atoms with Crippen LogP contribution in [0.4, 0.5) is 5.82 Å². The molecule has 1 atom stereocenters. The molecule has 2 heterocycles. The molecule has 0 amide bonds. The van der Waals surface area contributed by atoms with E-state index >= 15 is 0 Å². The van der Waals surface area contributed by atoms with Gasteiger partial charge in [-0.15, -0.1) is 0 Å². The Hall–Kier alpha value is -1.13. The quantitative estimate of drug-likeness (QED) is 0.908. The van der Waals surface area contributed by atoms with E-state index in [1.165, 1.54) is 5.56 Å². The van der Waals surface area contributed by atoms with Gasteiger partial charge in [0.15, 0.2) is 0 Å². The normalized spacial score (nSPS) is 23.6. The molecule has 0 spiro atoms. The molecule has 2 rings (SSSR count). The first kappa shape index (κ1) is 14.3. The van der Waals surface area contributed by atoms with Crippen LogP contribution in [-0.2, 0) is 14.9 Å². The lowest BCUT2D eigenvalue weighted by atomic mass is 9.88. The van der Waals surface area contributed by atoms with E-state index in [2.05, 4.69) is 37.1 Å². The lowest BCUT2D eigenvalue weighted by Crippen LogP contribution is -2.39. The first-order valence-electron chi connectivity index (χ1n) is 6.79. The Balaban J connectivity index is 1.96. The van der Waals surface area contributed by atoms with Gasteiger partial charge in [0, 0.05) is 32.9 Å². The van der Waals surface area contributed by atoms with Gasteiger partial charge in [-0.1, -0.05) is 26.8 Å². The van der Waals surface area contributed by atoms with E-state index < -0.39 is 0 Å². The van der Waals surface area contributed by atoms with Crippen molar-refractivity contribution in [2.24, 2.45) is 0 Å². The Morgan fingerprint density at radius 3 is 2.68 bits per heavy atom. The number of ether oxygens (including phenoxy) is 2. The molecule has 1 saturated heterocycles. The van der Waals surface area contributed by atoms with Gasteiger partial charge in [-0.25, -0.2) is 4.98 Å². The third-order valence-corrected chi connectivity index (χ3v) is 3.72. The van der Waals surface area contributed by atoms with Crippen LogP contribution in [0.3, 0.4) is 0 Å². The lowest BCUT2D eigenvalue weighted by Gasteiger charge is -2.26. The SMILES string of the molecule is COC1(CNc2ccc(C(C)(C)C)cn2)CCOC1. The fourth-order valence-corrected chi connectivity index (χ4v) is 2.15. The third-order valence-electron chi connectivity index (χ3n) is 3.72. The van der Waals surface area contributed by atoms with Crippen molar-refractivity contribution in [1.29, 1.82) is 0 Å². The molecular weight excluding hydrogens is 240 g/mol. The van der Waals surface area contributed by atoms with Gasteiger partial charge in [-0.2, -0.15) is 0 Å². The lowest BCUT2D eigenvalue weighted by molar-refractivity contribution is -0.00625. The fraction of sp³-hybridized carbons (Fsp3) is 0.667. The van der Waals surface area contributed by atoms with Crippen molar-refractivity contribution >= 4 is 5.82 Å². The van der Waals surface area contributed by atoms with Gasteiger partial charge in [0.1, 0.15) is 11.4 Å². The zero-order valence-electron chi connectivity index (χ0n) is 12.3. The summed E-state index contributed by atoms with van der Waals surface area (Å²) in [7, 11) is 1.74. The molecule has 0 bridgehead atoms. The second-order valence-electron chi connectivity index (χ2n) is 6.23. The van der Waals surface area contributed by atoms with Gasteiger partial charge in [-0.05, 0) is 17.0 Å². The van der Waals surface area contributed by atoms with Crippen LogP contribution in [0.25, 0.3) is 0 Å². The van der Waals surface area contributed by atoms with E-state index in [0.29, 0.717) is 6.61 Å². The summed E-state index contributed by atoms with van der Waals surface area (Å²) in [6.45, 7) is 8.71. The average molecular weight is 264 g/mol. The molecular formula is C15H24N2O2. The zero-order valence-corrected chi connectivity index (χ0v) is 12.3. The van der Waals surface area contributed by atoms with Crippen LogP contribution in [0.1, 0.15) is 32.8 Å². The van der Waals surface area contributed by atoms with Gasteiger partial charge >= 0.3 is 0 Å². The molecule has 19 heavy (non-hydrogen) atoms. The Labute approximate surface area is 115 Å². The number of methoxy groups -OCH3 is 1. The van der Waals surface area contributed by atoms with Crippen LogP contribution in [0.5, 0.6) is 0 Å². The molecule has 0 radical (unpaired) electrons. The van der Waals surface area contributed by atoms with Crippen LogP contribution in [0, 0.1) is 0 Å². The fourth-order valence-electron chi connectivity index (χ4n) is 2.15. The Bertz CT molecular complexity index is 403. The van der Waals surface area contributed by atoms with Crippen molar-refractivity contribution in [3.05, 3.63) is 23.9 Å². The largest absolute Gasteiger partial charge is 0.378 e. The Morgan fingerprint density at radius 2 is 2.21 bits per heavy atom. The van der Waals surface area contributed by atoms with Gasteiger partial charge in [0.25, 0.3) is 0 Å². The summed E-state index contributed by atoms with van der Waals surface area (Å²) in [5, 5.41) is 3.34. The maximum atomic E-state index is 5.58. The molecule has 0 aromatic carbocycles. The minimum Gasteiger partial charge on any atom is -0.378 e. The first-order valence-corrected chi connectivity index (χ1v) is 6.79. The molecule has 1 aromatic rings. The minimum absolute atomic E-state index is 0.137. The second-order valence-corrected chi connectivity index (χ2v) is 6.23. The number of nitrogens with zero attached hydrogens (tertiary/aromatic N) is 1. The monoisotopic (exact) mass is 264 g/mol. The highest BCUT2D eigenvalue weighted by Crippen LogP contribution is 2.24. The summed E-state index contributed by atoms with van der Waals surface area (Å²) in [5.74, 6) is 0.885. The minimum atomic E-state index is -0.204. The predicted molar refractivity (Wildman–Crippen MR) is 76.6 cm³/mol. The molecule has 1 fully saturated rings. The first-order chi connectivity index (χ1) is 8.95. The summed E-state index contributed by atoms with van der Waals surface area (Å²) in [5.41, 5.74) is 1.17. The molecule has 1 aromatic heterocycles. The Morgan fingerprint density at radius 1 is 1.42 bits per heavy atom. The average Bonchev–Trinajstić information content (AvgIpc) is 2.85. The van der Waals surface area contributed by atoms with Gasteiger partial charge in [0.2, 0.25) is 0 Å². The standard InChI is InChI=1S/C15H24N2O2/c1-14(2,3)12-5-6-13(16-9-12)17-10-15(18-4)7-8-19-11-15/h5-6,9H,7-8,10-11H2,1-4H3,(H,16,17). The molecule has 4 nitrogen and oxygen atoms in total. The van der Waals surface area contributed by atoms with Crippen molar-refractivity contribution < 1.29 is 9.47 Å². The molecule has 1 aliphatic rings. The number of pyridine rings is 1. The maximum absolute atomic E-state index is 5.58. The van der Waals surface area contributed by atoms with Crippen molar-refractivity contribution in [1.82, 2.24) is 4.98 Å². The zero-order chi connectivity index (χ0) is 13.9. The predicted octanol–water partition coefficient (Wildman–Crippen LogP) is 2.60. The Kier molecular flexibility index (Phi) is 4.11. The molecule has 1 N–H and O–H groups in total. The van der Waals surface area contributed by atoms with Crippen LogP contribution in [0.2, 0.25) is 0 Å². The van der Waals surface area contributed by atoms with E-state index in [4.69, 9.17) is 9.47 Å². The molecule has 106 valence electrons. The molecule has 0 saturated carbocycles. The molecule has 1 aliphatic heterocycles. The van der Waals surface area contributed by atoms with Crippen LogP contribution in [-0.4, -0.2) is 37.5 Å². The van der Waals surface area contributed by atoms with E-state index in [9.17, 15) is 0 Å². The third kappa shape index (κ3) is 3.45. The molecule has 1 unspecified atom stereocenters. The van der Waals surface area contributed by atoms with Crippen molar-refractivity contribution in [3.8, 4) is 0 Å². The van der Waals surface area contributed by atoms with E-state index in [-0.39, 0.29) is 11.0 Å². The van der Waals surface area contributed by atoms with Crippen LogP contribution < -0.4 is 5.32 Å². The van der Waals surface area contributed by atoms with Crippen molar-refractivity contribution in [3.63, 3.8) is 0 Å². The summed E-state index contributed by atoms with van der Waals surface area (Å²) in [6.07, 6.45) is 2.86. The van der Waals surface area contributed by atoms with Crippen molar-refractivity contribution in [2.75, 3.05) is 32.2 Å². The highest BCUT2D eigenvalue weighted by atomic mass is 16.5. The topological polar surface area (TPSA) is 43.4 Å². The highest BCUT2D eigenvalue weighted by molar-refractivity contribution is 5.37. The number of anilines is 1. The van der Waals surface area contributed by atoms with Gasteiger partial charge in [-0.3, -0.25) is 0 Å². The van der Waals surface area contributed by atoms with E-state index in [0.717, 1.165) is 25.4 Å². The van der Waals surface area contributed by atoms with Gasteiger partial charge < -0.3 is 14.8 Å². The number of hydrogen-bond acceptors (Lipinski definition) is 4. The summed E-state index contributed by atoms with van der Waals surface area (Å²) < 4.78 is 11.0. The van der Waals surface area contributed by atoms with Crippen LogP contribution >= 0.6 is 0 Å². The number of hydrogen-bond donors (Lipinski definition) is 1. The number of nitrogens with one attached hydrogen (secondary N) is 1. The molecule has 4 heteroatoms. The maximum Gasteiger partial charge on any atom is 0.125 e. The van der Waals surface area contributed by atoms with Gasteiger partial charge in [0.05, 0.1) is 6.61 Å². The second kappa shape index (κ2) is 5.47. The van der Waals surface area contributed by atoms with E-state index in [1.54, 1.807) is 7.11 Å². The summed E-state index contributed by atoms with van der Waals surface area (Å²) in [6, 6.07) is 4.15. The molecule has 0 aliphatic carbocycles. The summed E-state index contributed by atoms with van der Waals surface area (Å²) >= 11 is 0. The van der Waals surface area contributed by atoms with E-state index in [1.807, 2.05) is 12.3 Å². The number of rotatable bonds is 4.